The first-order chi connectivity index (χ1) is 20.0. The van der Waals surface area contributed by atoms with Crippen molar-refractivity contribution >= 4 is 21.6 Å². The first kappa shape index (κ1) is 30.0. The Bertz CT molecular complexity index is 1580. The largest absolute Gasteiger partial charge is 0.466 e. The number of hydrogen-bond donors (Lipinski definition) is 0. The molecule has 224 valence electrons. The predicted molar refractivity (Wildman–Crippen MR) is 150 cm³/mol. The fourth-order valence-electron chi connectivity index (χ4n) is 7.03. The zero-order valence-electron chi connectivity index (χ0n) is 23.3. The van der Waals surface area contributed by atoms with Crippen molar-refractivity contribution in [3.63, 3.8) is 0 Å². The quantitative estimate of drug-likeness (QED) is 0.190. The number of ketones is 1. The summed E-state index contributed by atoms with van der Waals surface area (Å²) in [5.41, 5.74) is 0.358. The van der Waals surface area contributed by atoms with E-state index in [2.05, 4.69) is 11.7 Å². The molecule has 2 heterocycles. The maximum absolute atomic E-state index is 15.0. The van der Waals surface area contributed by atoms with Gasteiger partial charge < -0.3 is 4.74 Å². The summed E-state index contributed by atoms with van der Waals surface area (Å²) in [7, 11) is -3.67. The number of hydrogen-bond acceptors (Lipinski definition) is 6. The van der Waals surface area contributed by atoms with Crippen LogP contribution in [-0.4, -0.2) is 42.3 Å². The molecule has 5 rings (SSSR count). The Morgan fingerprint density at radius 2 is 1.95 bits per heavy atom. The van der Waals surface area contributed by atoms with Crippen molar-refractivity contribution in [2.24, 2.45) is 23.7 Å². The van der Waals surface area contributed by atoms with E-state index in [0.717, 1.165) is 31.4 Å². The number of ether oxygens (including phenoxy) is 1. The van der Waals surface area contributed by atoms with Crippen molar-refractivity contribution in [2.45, 2.75) is 50.7 Å². The average Bonchev–Trinajstić information content (AvgIpc) is 3.61. The van der Waals surface area contributed by atoms with Crippen LogP contribution in [0.2, 0.25) is 0 Å². The number of carbonyl (C=O) groups excluding carboxylic acids is 2. The van der Waals surface area contributed by atoms with Gasteiger partial charge >= 0.3 is 5.97 Å². The molecule has 0 radical (unpaired) electrons. The average molecular weight is 603 g/mol. The number of Topliss-reactive ketones (excluding diaryl/α,β-unsaturated/α-hetero) is 1. The second kappa shape index (κ2) is 12.0. The van der Waals surface area contributed by atoms with Crippen LogP contribution in [0.5, 0.6) is 0 Å². The maximum atomic E-state index is 15.0. The molecule has 2 aliphatic carbocycles. The molecule has 2 saturated carbocycles. The lowest BCUT2D eigenvalue weighted by Crippen LogP contribution is -2.33. The minimum absolute atomic E-state index is 0.0114. The van der Waals surface area contributed by atoms with Crippen molar-refractivity contribution in [1.82, 2.24) is 9.78 Å². The smallest absolute Gasteiger partial charge is 0.309 e. The van der Waals surface area contributed by atoms with Gasteiger partial charge in [-0.2, -0.15) is 5.10 Å². The second-order valence-electron chi connectivity index (χ2n) is 11.3. The van der Waals surface area contributed by atoms with E-state index in [1.165, 1.54) is 16.8 Å². The zero-order valence-corrected chi connectivity index (χ0v) is 24.1. The highest BCUT2D eigenvalue weighted by Gasteiger charge is 2.52. The molecule has 42 heavy (non-hydrogen) atoms. The summed E-state index contributed by atoms with van der Waals surface area (Å²) in [5, 5.41) is 4.47. The molecule has 1 aliphatic heterocycles. The zero-order chi connectivity index (χ0) is 30.2. The molecule has 0 amide bonds. The molecule has 7 nitrogen and oxygen atoms in total. The van der Waals surface area contributed by atoms with Crippen LogP contribution in [-0.2, 0) is 25.1 Å². The van der Waals surface area contributed by atoms with Gasteiger partial charge in [0, 0.05) is 24.0 Å². The number of carbonyl (C=O) groups is 2. The van der Waals surface area contributed by atoms with Gasteiger partial charge in [0.05, 0.1) is 29.7 Å². The van der Waals surface area contributed by atoms with E-state index >= 15 is 4.39 Å². The van der Waals surface area contributed by atoms with Gasteiger partial charge in [0.15, 0.2) is 21.4 Å². The van der Waals surface area contributed by atoms with E-state index in [4.69, 9.17) is 4.74 Å². The molecule has 2 bridgehead atoms. The number of nitrogens with zero attached hydrogens (tertiary/aromatic N) is 2. The molecule has 3 aliphatic rings. The number of benzene rings is 1. The third kappa shape index (κ3) is 6.02. The van der Waals surface area contributed by atoms with Crippen molar-refractivity contribution in [3.05, 3.63) is 83.5 Å². The van der Waals surface area contributed by atoms with E-state index < -0.39 is 50.7 Å². The fraction of sp³-hybridized carbons (Fsp3) is 0.452. The summed E-state index contributed by atoms with van der Waals surface area (Å²) in [4.78, 5) is 26.7. The van der Waals surface area contributed by atoms with Crippen LogP contribution >= 0.6 is 0 Å². The maximum Gasteiger partial charge on any atom is 0.309 e. The van der Waals surface area contributed by atoms with Gasteiger partial charge in [0.1, 0.15) is 23.0 Å². The number of halogens is 3. The summed E-state index contributed by atoms with van der Waals surface area (Å²) < 4.78 is 74.4. The minimum atomic E-state index is -3.67. The van der Waals surface area contributed by atoms with Gasteiger partial charge in [-0.25, -0.2) is 26.3 Å². The van der Waals surface area contributed by atoms with E-state index in [0.29, 0.717) is 11.8 Å². The summed E-state index contributed by atoms with van der Waals surface area (Å²) in [5.74, 6) is -4.86. The number of fused-ring (bicyclic) bond motifs is 3. The van der Waals surface area contributed by atoms with Gasteiger partial charge in [-0.3, -0.25) is 9.59 Å². The van der Waals surface area contributed by atoms with Crippen molar-refractivity contribution in [2.75, 3.05) is 12.4 Å². The van der Waals surface area contributed by atoms with Gasteiger partial charge in [0.2, 0.25) is 0 Å². The van der Waals surface area contributed by atoms with E-state index in [1.54, 1.807) is 19.1 Å². The van der Waals surface area contributed by atoms with Crippen molar-refractivity contribution in [3.8, 4) is 5.69 Å². The highest BCUT2D eigenvalue weighted by atomic mass is 32.2. The molecule has 1 aromatic carbocycles. The summed E-state index contributed by atoms with van der Waals surface area (Å²) in [6.45, 7) is 5.12. The Labute approximate surface area is 243 Å². The monoisotopic (exact) mass is 602 g/mol. The van der Waals surface area contributed by atoms with Crippen molar-refractivity contribution in [1.29, 1.82) is 0 Å². The second-order valence-corrected chi connectivity index (χ2v) is 13.5. The first-order valence-corrected chi connectivity index (χ1v) is 16.0. The predicted octanol–water partition coefficient (Wildman–Crippen LogP) is 5.95. The summed E-state index contributed by atoms with van der Waals surface area (Å²) >= 11 is 0. The number of sulfone groups is 1. The first-order valence-electron chi connectivity index (χ1n) is 14.1. The van der Waals surface area contributed by atoms with Crippen LogP contribution in [0, 0.1) is 35.3 Å². The van der Waals surface area contributed by atoms with E-state index in [-0.39, 0.29) is 65.9 Å². The number of esters is 1. The number of aromatic nitrogens is 2. The van der Waals surface area contributed by atoms with Crippen LogP contribution in [0.15, 0.2) is 54.9 Å². The third-order valence-corrected chi connectivity index (χ3v) is 10.3. The highest BCUT2D eigenvalue weighted by Crippen LogP contribution is 2.54. The highest BCUT2D eigenvalue weighted by molar-refractivity contribution is 7.90. The lowest BCUT2D eigenvalue weighted by molar-refractivity contribution is -0.151. The number of allylic oxidation sites excluding steroid dienone is 5. The lowest BCUT2D eigenvalue weighted by atomic mass is 9.76. The minimum Gasteiger partial charge on any atom is -0.466 e. The van der Waals surface area contributed by atoms with Crippen LogP contribution < -0.4 is 0 Å². The van der Waals surface area contributed by atoms with Gasteiger partial charge in [-0.15, -0.1) is 0 Å². The molecular formula is C31H33F3N2O5S. The van der Waals surface area contributed by atoms with Crippen LogP contribution in [0.25, 0.3) is 5.69 Å². The van der Waals surface area contributed by atoms with Gasteiger partial charge in [0.25, 0.3) is 0 Å². The molecule has 5 atom stereocenters. The molecule has 2 fully saturated rings. The van der Waals surface area contributed by atoms with E-state index in [9.17, 15) is 26.8 Å². The molecule has 11 heteroatoms. The van der Waals surface area contributed by atoms with Crippen LogP contribution in [0.3, 0.4) is 0 Å². The van der Waals surface area contributed by atoms with Crippen molar-refractivity contribution < 1.29 is 35.9 Å². The number of rotatable bonds is 10. The van der Waals surface area contributed by atoms with Gasteiger partial charge in [-0.05, 0) is 68.6 Å². The molecule has 0 N–H and O–H groups in total. The lowest BCUT2D eigenvalue weighted by Gasteiger charge is -2.29. The Morgan fingerprint density at radius 1 is 1.19 bits per heavy atom. The molecule has 1 aromatic heterocycles. The Morgan fingerprint density at radius 3 is 2.67 bits per heavy atom. The van der Waals surface area contributed by atoms with Crippen LogP contribution in [0.1, 0.15) is 66.7 Å². The Balaban J connectivity index is 1.55. The molecule has 0 saturated heterocycles. The van der Waals surface area contributed by atoms with Crippen LogP contribution in [0.4, 0.5) is 13.2 Å². The molecule has 0 spiro atoms. The molecular weight excluding hydrogens is 569 g/mol. The van der Waals surface area contributed by atoms with Gasteiger partial charge in [-0.1, -0.05) is 24.8 Å². The Hall–Kier alpha value is -3.47. The Kier molecular flexibility index (Phi) is 8.59. The normalized spacial score (nSPS) is 26.1. The van der Waals surface area contributed by atoms with E-state index in [1.807, 2.05) is 0 Å². The topological polar surface area (TPSA) is 95.3 Å². The molecule has 2 unspecified atom stereocenters. The summed E-state index contributed by atoms with van der Waals surface area (Å²) in [6, 6.07) is 2.97. The SMILES string of the molecule is C=C(F)/C=C\C=C\C[C@H]1CS(=O)(=O)Cc2c(C(=O)C[C@H]3C4CCC(C4)[C@H]3C(=O)OCC)nn(-c3ccc(F)cc3F)c21. The third-order valence-electron chi connectivity index (χ3n) is 8.64. The molecule has 2 aromatic rings. The summed E-state index contributed by atoms with van der Waals surface area (Å²) in [6.07, 6.45) is 8.55. The fourth-order valence-corrected chi connectivity index (χ4v) is 8.78. The standard InChI is InChI=1S/C31H33F3N2O5S/c1-3-41-31(38)28-20-10-9-19(13-20)23(28)15-27(37)29-24-17-42(39,40)16-21(8-6-4-5-7-18(2)32)30(24)36(35-29)26-12-11-22(33)14-25(26)34/h4-7,11-12,14,19-21,23,28H,2-3,8-10,13,15-17H2,1H3/b6-4+,7-5-/t19?,20?,21-,23-,28+/m0/s1.